The third-order valence-corrected chi connectivity index (χ3v) is 9.35. The maximum atomic E-state index is 6.29. The van der Waals surface area contributed by atoms with Gasteiger partial charge >= 0.3 is 0 Å². The zero-order valence-corrected chi connectivity index (χ0v) is 22.2. The standard InChI is InChI=1S/C27H27Cl2N5S/c1-17-7-9-20-21(5-3-6-24(20)30-17)25-31-32-26(33(25)2)35-12-4-11-34-15-19-14-27(19,16-34)18-8-10-22(28)23(29)13-18/h3,5-10,13,19H,4,11-12,14-16H2,1-2H3/t19-,27-/m1/s1. The SMILES string of the molecule is Cc1ccc2c(-c3nnc(SCCCN4C[C@H]5C[C@]5(c5ccc(Cl)c(Cl)c5)C4)n3C)cccc2n1. The quantitative estimate of drug-likeness (QED) is 0.207. The van der Waals surface area contributed by atoms with Crippen molar-refractivity contribution < 1.29 is 0 Å². The summed E-state index contributed by atoms with van der Waals surface area (Å²) in [4.78, 5) is 7.26. The number of aromatic nitrogens is 4. The zero-order valence-electron chi connectivity index (χ0n) is 19.8. The number of benzene rings is 2. The highest BCUT2D eigenvalue weighted by atomic mass is 35.5. The summed E-state index contributed by atoms with van der Waals surface area (Å²) in [6.45, 7) is 5.41. The topological polar surface area (TPSA) is 46.8 Å². The molecule has 1 aliphatic carbocycles. The van der Waals surface area contributed by atoms with Gasteiger partial charge in [0.1, 0.15) is 0 Å². The first-order chi connectivity index (χ1) is 16.9. The zero-order chi connectivity index (χ0) is 24.2. The van der Waals surface area contributed by atoms with Crippen molar-refractivity contribution in [1.29, 1.82) is 0 Å². The summed E-state index contributed by atoms with van der Waals surface area (Å²) in [6, 6.07) is 16.5. The van der Waals surface area contributed by atoms with E-state index in [9.17, 15) is 0 Å². The lowest BCUT2D eigenvalue weighted by Crippen LogP contribution is -2.27. The van der Waals surface area contributed by atoms with E-state index in [0.717, 1.165) is 64.3 Å². The molecule has 2 fully saturated rings. The number of nitrogens with zero attached hydrogens (tertiary/aromatic N) is 5. The molecule has 0 bridgehead atoms. The summed E-state index contributed by atoms with van der Waals surface area (Å²) in [5.74, 6) is 2.64. The largest absolute Gasteiger partial charge is 0.305 e. The second kappa shape index (κ2) is 9.07. The Bertz CT molecular complexity index is 1420. The fourth-order valence-corrected chi connectivity index (χ4v) is 6.72. The Balaban J connectivity index is 1.07. The lowest BCUT2D eigenvalue weighted by Gasteiger charge is -2.21. The first-order valence-corrected chi connectivity index (χ1v) is 13.8. The van der Waals surface area contributed by atoms with Crippen LogP contribution < -0.4 is 0 Å². The molecule has 2 aliphatic rings. The van der Waals surface area contributed by atoms with Crippen LogP contribution in [-0.4, -0.2) is 50.0 Å². The van der Waals surface area contributed by atoms with Gasteiger partial charge in [-0.2, -0.15) is 0 Å². The van der Waals surface area contributed by atoms with Crippen LogP contribution in [-0.2, 0) is 12.5 Å². The van der Waals surface area contributed by atoms with Gasteiger partial charge in [-0.3, -0.25) is 4.98 Å². The van der Waals surface area contributed by atoms with Crippen molar-refractivity contribution in [3.8, 4) is 11.4 Å². The van der Waals surface area contributed by atoms with Gasteiger partial charge in [0, 0.05) is 47.9 Å². The van der Waals surface area contributed by atoms with Gasteiger partial charge in [-0.15, -0.1) is 10.2 Å². The van der Waals surface area contributed by atoms with Crippen LogP contribution in [0.4, 0.5) is 0 Å². The fraction of sp³-hybridized carbons (Fsp3) is 0.370. The molecule has 5 nitrogen and oxygen atoms in total. The number of piperidine rings is 1. The van der Waals surface area contributed by atoms with E-state index in [1.54, 1.807) is 11.8 Å². The van der Waals surface area contributed by atoms with Gasteiger partial charge in [0.2, 0.25) is 0 Å². The predicted molar refractivity (Wildman–Crippen MR) is 145 cm³/mol. The molecule has 0 N–H and O–H groups in total. The molecule has 35 heavy (non-hydrogen) atoms. The highest BCUT2D eigenvalue weighted by Gasteiger charge is 2.60. The lowest BCUT2D eigenvalue weighted by molar-refractivity contribution is 0.299. The molecule has 2 aromatic carbocycles. The van der Waals surface area contributed by atoms with Crippen molar-refractivity contribution in [3.05, 3.63) is 69.8 Å². The molecule has 1 saturated carbocycles. The van der Waals surface area contributed by atoms with Crippen LogP contribution in [0.3, 0.4) is 0 Å². The minimum Gasteiger partial charge on any atom is -0.305 e. The second-order valence-corrected chi connectivity index (χ2v) is 11.7. The number of thioether (sulfide) groups is 1. The van der Waals surface area contributed by atoms with Crippen molar-refractivity contribution in [2.45, 2.75) is 30.3 Å². The molecule has 8 heteroatoms. The molecule has 0 amide bonds. The molecule has 3 heterocycles. The monoisotopic (exact) mass is 523 g/mol. The van der Waals surface area contributed by atoms with Crippen molar-refractivity contribution >= 4 is 45.9 Å². The summed E-state index contributed by atoms with van der Waals surface area (Å²) in [5.41, 5.74) is 4.70. The first-order valence-electron chi connectivity index (χ1n) is 12.0. The summed E-state index contributed by atoms with van der Waals surface area (Å²) < 4.78 is 2.10. The smallest absolute Gasteiger partial charge is 0.191 e. The molecule has 0 radical (unpaired) electrons. The number of hydrogen-bond donors (Lipinski definition) is 0. The molecule has 0 unspecified atom stereocenters. The molecular formula is C27H27Cl2N5S. The number of rotatable bonds is 7. The Morgan fingerprint density at radius 2 is 1.97 bits per heavy atom. The number of pyridine rings is 1. The molecule has 0 spiro atoms. The highest BCUT2D eigenvalue weighted by molar-refractivity contribution is 7.99. The van der Waals surface area contributed by atoms with E-state index in [4.69, 9.17) is 23.2 Å². The molecule has 4 aromatic rings. The molecule has 2 aromatic heterocycles. The van der Waals surface area contributed by atoms with Crippen LogP contribution in [0.5, 0.6) is 0 Å². The Morgan fingerprint density at radius 1 is 1.09 bits per heavy atom. The number of fused-ring (bicyclic) bond motifs is 2. The Kier molecular flexibility index (Phi) is 6.04. The fourth-order valence-electron chi connectivity index (χ4n) is 5.59. The summed E-state index contributed by atoms with van der Waals surface area (Å²) >= 11 is 14.2. The van der Waals surface area contributed by atoms with Crippen LogP contribution in [0.1, 0.15) is 24.1 Å². The average molecular weight is 525 g/mol. The van der Waals surface area contributed by atoms with E-state index >= 15 is 0 Å². The molecule has 1 saturated heterocycles. The van der Waals surface area contributed by atoms with Gasteiger partial charge in [-0.05, 0) is 62.1 Å². The lowest BCUT2D eigenvalue weighted by atomic mass is 9.95. The van der Waals surface area contributed by atoms with Gasteiger partial charge in [-0.25, -0.2) is 0 Å². The van der Waals surface area contributed by atoms with E-state index in [-0.39, 0.29) is 5.41 Å². The normalized spacial score (nSPS) is 21.5. The third kappa shape index (κ3) is 4.25. The molecule has 1 aliphatic heterocycles. The molecule has 2 atom stereocenters. The number of halogens is 2. The maximum absolute atomic E-state index is 6.29. The minimum atomic E-state index is 0.283. The minimum absolute atomic E-state index is 0.283. The highest BCUT2D eigenvalue weighted by Crippen LogP contribution is 2.59. The molecule has 180 valence electrons. The van der Waals surface area contributed by atoms with Crippen molar-refractivity contribution in [1.82, 2.24) is 24.6 Å². The second-order valence-electron chi connectivity index (χ2n) is 9.81. The van der Waals surface area contributed by atoms with Crippen LogP contribution >= 0.6 is 35.0 Å². The summed E-state index contributed by atoms with van der Waals surface area (Å²) in [6.07, 6.45) is 2.38. The molecular weight excluding hydrogens is 497 g/mol. The van der Waals surface area contributed by atoms with Crippen LogP contribution in [0.2, 0.25) is 10.0 Å². The summed E-state index contributed by atoms with van der Waals surface area (Å²) in [7, 11) is 2.05. The third-order valence-electron chi connectivity index (χ3n) is 7.51. The number of hydrogen-bond acceptors (Lipinski definition) is 5. The molecule has 6 rings (SSSR count). The van der Waals surface area contributed by atoms with Crippen molar-refractivity contribution in [2.24, 2.45) is 13.0 Å². The Labute approximate surface area is 219 Å². The van der Waals surface area contributed by atoms with Crippen LogP contribution in [0, 0.1) is 12.8 Å². The Hall–Kier alpha value is -2.12. The maximum Gasteiger partial charge on any atom is 0.191 e. The average Bonchev–Trinajstić information content (AvgIpc) is 3.22. The first kappa shape index (κ1) is 23.3. The van der Waals surface area contributed by atoms with E-state index in [1.165, 1.54) is 18.5 Å². The van der Waals surface area contributed by atoms with Gasteiger partial charge in [0.25, 0.3) is 0 Å². The summed E-state index contributed by atoms with van der Waals surface area (Å²) in [5, 5.41) is 12.4. The van der Waals surface area contributed by atoms with Crippen LogP contribution in [0.15, 0.2) is 53.7 Å². The van der Waals surface area contributed by atoms with E-state index in [1.807, 2.05) is 38.2 Å². The van der Waals surface area contributed by atoms with Gasteiger partial charge in [0.05, 0.1) is 15.6 Å². The Morgan fingerprint density at radius 3 is 2.83 bits per heavy atom. The van der Waals surface area contributed by atoms with Crippen LogP contribution in [0.25, 0.3) is 22.3 Å². The van der Waals surface area contributed by atoms with E-state index < -0.39 is 0 Å². The van der Waals surface area contributed by atoms with Gasteiger partial charge in [-0.1, -0.05) is 59.2 Å². The van der Waals surface area contributed by atoms with Crippen molar-refractivity contribution in [2.75, 3.05) is 25.4 Å². The van der Waals surface area contributed by atoms with Gasteiger partial charge < -0.3 is 9.47 Å². The van der Waals surface area contributed by atoms with E-state index in [2.05, 4.69) is 48.9 Å². The number of aryl methyl sites for hydroxylation is 1. The van der Waals surface area contributed by atoms with E-state index in [0.29, 0.717) is 10.0 Å². The van der Waals surface area contributed by atoms with Gasteiger partial charge in [0.15, 0.2) is 11.0 Å². The van der Waals surface area contributed by atoms with Crippen molar-refractivity contribution in [3.63, 3.8) is 0 Å². The number of likely N-dealkylation sites (tertiary alicyclic amines) is 1. The predicted octanol–water partition coefficient (Wildman–Crippen LogP) is 6.40.